The zero-order valence-electron chi connectivity index (χ0n) is 31.1. The van der Waals surface area contributed by atoms with Crippen LogP contribution in [0.2, 0.25) is 0 Å². The van der Waals surface area contributed by atoms with Crippen molar-refractivity contribution in [2.75, 3.05) is 45.4 Å². The largest absolute Gasteiger partial charge is 0.497 e. The summed E-state index contributed by atoms with van der Waals surface area (Å²) in [5.74, 6) is 2.23. The molecule has 0 saturated carbocycles. The third-order valence-electron chi connectivity index (χ3n) is 11.6. The first kappa shape index (κ1) is 35.0. The van der Waals surface area contributed by atoms with Gasteiger partial charge >= 0.3 is 6.18 Å². The highest BCUT2D eigenvalue weighted by atomic mass is 19.4. The van der Waals surface area contributed by atoms with Crippen LogP contribution in [0.3, 0.4) is 0 Å². The molecule has 278 valence electrons. The zero-order chi connectivity index (χ0) is 38.1. The topological polar surface area (TPSA) is 40.2 Å². The smallest absolute Gasteiger partial charge is 0.416 e. The van der Waals surface area contributed by atoms with Gasteiger partial charge in [-0.3, -0.25) is 0 Å². The van der Waals surface area contributed by atoms with E-state index in [1.165, 1.54) is 0 Å². The van der Waals surface area contributed by atoms with Gasteiger partial charge in [0.15, 0.2) is 5.60 Å². The average molecular weight is 740 g/mol. The molecule has 55 heavy (non-hydrogen) atoms. The highest BCUT2D eigenvalue weighted by molar-refractivity contribution is 6.09. The molecule has 1 aliphatic carbocycles. The van der Waals surface area contributed by atoms with Crippen molar-refractivity contribution in [1.29, 1.82) is 0 Å². The van der Waals surface area contributed by atoms with Gasteiger partial charge < -0.3 is 23.8 Å². The van der Waals surface area contributed by atoms with E-state index >= 15 is 0 Å². The lowest BCUT2D eigenvalue weighted by Crippen LogP contribution is -2.37. The first-order chi connectivity index (χ1) is 26.5. The van der Waals surface area contributed by atoms with E-state index in [0.717, 1.165) is 103 Å². The molecule has 0 amide bonds. The first-order valence-corrected chi connectivity index (χ1v) is 18.5. The van der Waals surface area contributed by atoms with Crippen molar-refractivity contribution < 1.29 is 32.1 Å². The van der Waals surface area contributed by atoms with Crippen molar-refractivity contribution in [3.05, 3.63) is 149 Å². The van der Waals surface area contributed by atoms with E-state index in [1.807, 2.05) is 24.3 Å². The molecule has 1 saturated heterocycles. The number of anilines is 1. The second-order valence-corrected chi connectivity index (χ2v) is 14.9. The number of rotatable bonds is 6. The highest BCUT2D eigenvalue weighted by Crippen LogP contribution is 2.59. The Morgan fingerprint density at radius 3 is 1.98 bits per heavy atom. The summed E-state index contributed by atoms with van der Waals surface area (Å²) in [5, 5.41) is 1.96. The Bertz CT molecular complexity index is 2460. The normalized spacial score (nSPS) is 18.3. The number of fused-ring (bicyclic) bond motifs is 8. The SMILES string of the molecule is COc1ccc(C2(c3ccc(N4CCOCC4)cc3)C=Cc3c4c(c5ccc(OC)cc5c3O2)-c2ccc(-c3ccc(C(F)(F)F)cc3)cc2C4(C)C)cc1. The van der Waals surface area contributed by atoms with Gasteiger partial charge in [-0.15, -0.1) is 0 Å². The summed E-state index contributed by atoms with van der Waals surface area (Å²) in [4.78, 5) is 2.34. The molecule has 2 heterocycles. The molecular formula is C47H40F3NO4. The van der Waals surface area contributed by atoms with E-state index < -0.39 is 22.8 Å². The fraction of sp³-hybridized carbons (Fsp3) is 0.234. The van der Waals surface area contributed by atoms with Gasteiger partial charge in [0.25, 0.3) is 0 Å². The van der Waals surface area contributed by atoms with E-state index in [1.54, 1.807) is 26.4 Å². The molecular weight excluding hydrogens is 700 g/mol. The first-order valence-electron chi connectivity index (χ1n) is 18.5. The quantitative estimate of drug-likeness (QED) is 0.170. The van der Waals surface area contributed by atoms with Gasteiger partial charge in [-0.1, -0.05) is 68.5 Å². The van der Waals surface area contributed by atoms with Gasteiger partial charge in [0.05, 0.1) is 33.0 Å². The van der Waals surface area contributed by atoms with Gasteiger partial charge in [-0.25, -0.2) is 0 Å². The molecule has 2 aliphatic heterocycles. The number of hydrogen-bond acceptors (Lipinski definition) is 5. The van der Waals surface area contributed by atoms with Crippen LogP contribution < -0.4 is 19.1 Å². The molecule has 0 radical (unpaired) electrons. The Kier molecular flexibility index (Phi) is 8.24. The van der Waals surface area contributed by atoms with Crippen LogP contribution in [0, 0.1) is 0 Å². The summed E-state index contributed by atoms with van der Waals surface area (Å²) in [6.45, 7) is 7.53. The molecule has 6 aromatic carbocycles. The molecule has 8 heteroatoms. The van der Waals surface area contributed by atoms with E-state index in [4.69, 9.17) is 18.9 Å². The average Bonchev–Trinajstić information content (AvgIpc) is 3.46. The Labute approximate surface area is 318 Å². The highest BCUT2D eigenvalue weighted by Gasteiger charge is 2.44. The summed E-state index contributed by atoms with van der Waals surface area (Å²) in [6.07, 6.45) is -0.0170. The van der Waals surface area contributed by atoms with Crippen molar-refractivity contribution in [1.82, 2.24) is 0 Å². The molecule has 0 N–H and O–H groups in total. The van der Waals surface area contributed by atoms with Crippen molar-refractivity contribution >= 4 is 22.5 Å². The summed E-state index contributed by atoms with van der Waals surface area (Å²) < 4.78 is 64.6. The molecule has 0 aromatic heterocycles. The molecule has 0 bridgehead atoms. The van der Waals surface area contributed by atoms with E-state index in [9.17, 15) is 13.2 Å². The monoisotopic (exact) mass is 739 g/mol. The molecule has 1 unspecified atom stereocenters. The number of nitrogens with zero attached hydrogens (tertiary/aromatic N) is 1. The van der Waals surface area contributed by atoms with E-state index in [-0.39, 0.29) is 0 Å². The summed E-state index contributed by atoms with van der Waals surface area (Å²) in [7, 11) is 3.33. The van der Waals surface area contributed by atoms with Crippen LogP contribution in [-0.4, -0.2) is 40.5 Å². The minimum Gasteiger partial charge on any atom is -0.497 e. The minimum atomic E-state index is -4.39. The van der Waals surface area contributed by atoms with Crippen molar-refractivity contribution in [2.45, 2.75) is 31.0 Å². The second kappa shape index (κ2) is 12.9. The van der Waals surface area contributed by atoms with Crippen LogP contribution in [0.1, 0.15) is 47.2 Å². The van der Waals surface area contributed by atoms with Crippen molar-refractivity contribution in [3.63, 3.8) is 0 Å². The lowest BCUT2D eigenvalue weighted by molar-refractivity contribution is -0.137. The molecule has 9 rings (SSSR count). The fourth-order valence-electron chi connectivity index (χ4n) is 8.68. The predicted octanol–water partition coefficient (Wildman–Crippen LogP) is 11.0. The Morgan fingerprint density at radius 1 is 0.691 bits per heavy atom. The molecule has 3 aliphatic rings. The Hall–Kier alpha value is -5.73. The van der Waals surface area contributed by atoms with Crippen LogP contribution in [0.15, 0.2) is 115 Å². The van der Waals surface area contributed by atoms with Crippen LogP contribution in [-0.2, 0) is 21.9 Å². The van der Waals surface area contributed by atoms with Crippen molar-refractivity contribution in [2.24, 2.45) is 0 Å². The van der Waals surface area contributed by atoms with Crippen LogP contribution in [0.4, 0.5) is 18.9 Å². The minimum absolute atomic E-state index is 0.474. The lowest BCUT2D eigenvalue weighted by atomic mass is 9.76. The molecule has 0 spiro atoms. The van der Waals surface area contributed by atoms with Crippen molar-refractivity contribution in [3.8, 4) is 39.5 Å². The summed E-state index contributed by atoms with van der Waals surface area (Å²) in [6, 6.07) is 34.4. The Morgan fingerprint density at radius 2 is 1.33 bits per heavy atom. The zero-order valence-corrected chi connectivity index (χ0v) is 31.1. The molecule has 5 nitrogen and oxygen atoms in total. The van der Waals surface area contributed by atoms with Crippen LogP contribution >= 0.6 is 0 Å². The summed E-state index contributed by atoms with van der Waals surface area (Å²) >= 11 is 0. The number of hydrogen-bond donors (Lipinski definition) is 0. The number of alkyl halides is 3. The maximum absolute atomic E-state index is 13.4. The standard InChI is InChI=1S/C47H40F3NO4/c1-45(2)41-27-30(29-5-8-33(9-6-29)47(48,49)50)7-19-38(41)42-37-20-18-36(53-4)28-40(37)44-39(43(42)45)21-22-46(55-44,32-12-16-35(52-3)17-13-32)31-10-14-34(15-11-31)51-23-25-54-26-24-51/h5-22,27-28H,23-26H2,1-4H3. The van der Waals surface area contributed by atoms with E-state index in [0.29, 0.717) is 19.0 Å². The van der Waals surface area contributed by atoms with Crippen LogP contribution in [0.25, 0.3) is 39.1 Å². The maximum atomic E-state index is 13.4. The van der Waals surface area contributed by atoms with Gasteiger partial charge in [-0.2, -0.15) is 13.2 Å². The van der Waals surface area contributed by atoms with Gasteiger partial charge in [0.2, 0.25) is 0 Å². The van der Waals surface area contributed by atoms with Gasteiger partial charge in [0.1, 0.15) is 17.2 Å². The third-order valence-corrected chi connectivity index (χ3v) is 11.6. The Balaban J connectivity index is 1.22. The number of halogens is 3. The molecule has 6 aromatic rings. The second-order valence-electron chi connectivity index (χ2n) is 14.9. The molecule has 1 atom stereocenters. The lowest BCUT2D eigenvalue weighted by Gasteiger charge is -2.39. The third kappa shape index (κ3) is 5.65. The number of morpholine rings is 1. The summed E-state index contributed by atoms with van der Waals surface area (Å²) in [5.41, 5.74) is 8.00. The fourth-order valence-corrected chi connectivity index (χ4v) is 8.68. The molecule has 1 fully saturated rings. The maximum Gasteiger partial charge on any atom is 0.416 e. The van der Waals surface area contributed by atoms with Crippen LogP contribution in [0.5, 0.6) is 17.2 Å². The number of ether oxygens (including phenoxy) is 4. The number of benzene rings is 6. The van der Waals surface area contributed by atoms with Gasteiger partial charge in [0, 0.05) is 46.3 Å². The predicted molar refractivity (Wildman–Crippen MR) is 211 cm³/mol. The van der Waals surface area contributed by atoms with Gasteiger partial charge in [-0.05, 0) is 106 Å². The van der Waals surface area contributed by atoms with E-state index in [2.05, 4.69) is 91.6 Å². The number of methoxy groups -OCH3 is 2.